The number of hydrogen-bond acceptors (Lipinski definition) is 4. The maximum atomic E-state index is 12.9. The molecule has 0 saturated carbocycles. The lowest BCUT2D eigenvalue weighted by molar-refractivity contribution is -0.135. The summed E-state index contributed by atoms with van der Waals surface area (Å²) < 4.78 is 5.11. The van der Waals surface area contributed by atoms with Gasteiger partial charge in [0, 0.05) is 31.7 Å². The van der Waals surface area contributed by atoms with Gasteiger partial charge in [-0.2, -0.15) is 0 Å². The monoisotopic (exact) mass is 457 g/mol. The number of esters is 1. The number of likely N-dealkylation sites (tertiary alicyclic amines) is 1. The van der Waals surface area contributed by atoms with Gasteiger partial charge in [-0.1, -0.05) is 11.6 Å². The Bertz CT molecular complexity index is 886. The second-order valence-corrected chi connectivity index (χ2v) is 9.28. The summed E-state index contributed by atoms with van der Waals surface area (Å²) in [6.07, 6.45) is 10.7. The van der Waals surface area contributed by atoms with Crippen molar-refractivity contribution in [3.05, 3.63) is 34.2 Å². The summed E-state index contributed by atoms with van der Waals surface area (Å²) in [6.45, 7) is 7.79. The Morgan fingerprint density at radius 3 is 2.73 bits per heavy atom. The number of hydrogen-bond donors (Lipinski definition) is 2. The van der Waals surface area contributed by atoms with Crippen LogP contribution in [0.15, 0.2) is 11.6 Å². The minimum Gasteiger partial charge on any atom is -0.461 e. The first-order chi connectivity index (χ1) is 15.9. The molecule has 1 atom stereocenters. The van der Waals surface area contributed by atoms with Gasteiger partial charge in [0.2, 0.25) is 11.8 Å². The van der Waals surface area contributed by atoms with Gasteiger partial charge in [-0.25, -0.2) is 4.79 Å². The quantitative estimate of drug-likeness (QED) is 0.433. The van der Waals surface area contributed by atoms with Crippen molar-refractivity contribution < 1.29 is 19.1 Å². The van der Waals surface area contributed by atoms with Gasteiger partial charge in [0.15, 0.2) is 0 Å². The Morgan fingerprint density at radius 2 is 2.00 bits per heavy atom. The summed E-state index contributed by atoms with van der Waals surface area (Å²) in [4.78, 5) is 42.6. The fourth-order valence-electron chi connectivity index (χ4n) is 5.00. The highest BCUT2D eigenvalue weighted by atomic mass is 16.5. The van der Waals surface area contributed by atoms with Crippen molar-refractivity contribution in [1.29, 1.82) is 0 Å². The molecule has 7 nitrogen and oxygen atoms in total. The molecule has 2 heterocycles. The Morgan fingerprint density at radius 1 is 1.18 bits per heavy atom. The Labute approximate surface area is 197 Å². The zero-order valence-electron chi connectivity index (χ0n) is 20.4. The van der Waals surface area contributed by atoms with Crippen LogP contribution in [0, 0.1) is 19.8 Å². The van der Waals surface area contributed by atoms with Crippen LogP contribution in [0.5, 0.6) is 0 Å². The molecule has 0 aromatic carbocycles. The Balaban J connectivity index is 1.48. The molecule has 1 fully saturated rings. The van der Waals surface area contributed by atoms with Crippen LogP contribution in [-0.2, 0) is 20.7 Å². The summed E-state index contributed by atoms with van der Waals surface area (Å²) in [6, 6.07) is 0. The third kappa shape index (κ3) is 6.71. The van der Waals surface area contributed by atoms with Crippen molar-refractivity contribution >= 4 is 17.8 Å². The van der Waals surface area contributed by atoms with Gasteiger partial charge in [0.05, 0.1) is 12.5 Å². The highest BCUT2D eigenvalue weighted by molar-refractivity contribution is 5.90. The fraction of sp³-hybridized carbons (Fsp3) is 0.654. The molecule has 1 aromatic heterocycles. The molecule has 2 aliphatic rings. The van der Waals surface area contributed by atoms with Crippen LogP contribution in [0.1, 0.15) is 85.6 Å². The molecule has 2 N–H and O–H groups in total. The van der Waals surface area contributed by atoms with E-state index in [2.05, 4.69) is 16.4 Å². The summed E-state index contributed by atoms with van der Waals surface area (Å²) >= 11 is 0. The number of H-pyrrole nitrogens is 1. The summed E-state index contributed by atoms with van der Waals surface area (Å²) in [7, 11) is 0. The third-order valence-electron chi connectivity index (χ3n) is 6.94. The second-order valence-electron chi connectivity index (χ2n) is 9.28. The molecule has 1 aromatic rings. The van der Waals surface area contributed by atoms with E-state index >= 15 is 0 Å². The van der Waals surface area contributed by atoms with Crippen LogP contribution in [0.3, 0.4) is 0 Å². The van der Waals surface area contributed by atoms with Gasteiger partial charge in [0.1, 0.15) is 5.69 Å². The predicted molar refractivity (Wildman–Crippen MR) is 128 cm³/mol. The van der Waals surface area contributed by atoms with Gasteiger partial charge < -0.3 is 19.9 Å². The Hall–Kier alpha value is -2.57. The molecule has 182 valence electrons. The van der Waals surface area contributed by atoms with Crippen molar-refractivity contribution in [2.24, 2.45) is 5.92 Å². The van der Waals surface area contributed by atoms with Gasteiger partial charge in [0.25, 0.3) is 0 Å². The molecule has 0 radical (unpaired) electrons. The number of allylic oxidation sites excluding steroid dienone is 1. The van der Waals surface area contributed by atoms with E-state index < -0.39 is 0 Å². The van der Waals surface area contributed by atoms with Crippen molar-refractivity contribution in [3.8, 4) is 0 Å². The largest absolute Gasteiger partial charge is 0.461 e. The SMILES string of the molecule is CCOC(=O)c1[nH]c(C)c(CCC(=O)N2CCC[C@@H](C(=O)NCCC3=CCCCC3)C2)c1C. The van der Waals surface area contributed by atoms with E-state index in [0.717, 1.165) is 48.9 Å². The number of carbonyl (C=O) groups excluding carboxylic acids is 3. The number of rotatable bonds is 9. The fourth-order valence-corrected chi connectivity index (χ4v) is 5.00. The van der Waals surface area contributed by atoms with Crippen molar-refractivity contribution in [1.82, 2.24) is 15.2 Å². The molecule has 1 aliphatic heterocycles. The average Bonchev–Trinajstić information content (AvgIpc) is 3.11. The molecule has 33 heavy (non-hydrogen) atoms. The summed E-state index contributed by atoms with van der Waals surface area (Å²) in [5.74, 6) is -0.354. The first-order valence-electron chi connectivity index (χ1n) is 12.5. The topological polar surface area (TPSA) is 91.5 Å². The highest BCUT2D eigenvalue weighted by Gasteiger charge is 2.28. The van der Waals surface area contributed by atoms with Crippen LogP contribution in [-0.4, -0.2) is 53.9 Å². The van der Waals surface area contributed by atoms with Crippen molar-refractivity contribution in [3.63, 3.8) is 0 Å². The maximum Gasteiger partial charge on any atom is 0.355 e. The van der Waals surface area contributed by atoms with E-state index in [9.17, 15) is 14.4 Å². The molecular formula is C26H39N3O4. The number of nitrogens with one attached hydrogen (secondary N) is 2. The molecule has 2 amide bonds. The van der Waals surface area contributed by atoms with Crippen molar-refractivity contribution in [2.45, 2.75) is 78.6 Å². The van der Waals surface area contributed by atoms with Crippen LogP contribution in [0.25, 0.3) is 0 Å². The normalized spacial score (nSPS) is 18.6. The van der Waals surface area contributed by atoms with Gasteiger partial charge in [-0.05, 0) is 83.3 Å². The predicted octanol–water partition coefficient (Wildman–Crippen LogP) is 3.99. The van der Waals surface area contributed by atoms with Gasteiger partial charge >= 0.3 is 5.97 Å². The number of nitrogens with zero attached hydrogens (tertiary/aromatic N) is 1. The zero-order chi connectivity index (χ0) is 23.8. The smallest absolute Gasteiger partial charge is 0.355 e. The number of aromatic amines is 1. The lowest BCUT2D eigenvalue weighted by atomic mass is 9.95. The maximum absolute atomic E-state index is 12.9. The molecule has 0 spiro atoms. The van der Waals surface area contributed by atoms with E-state index in [1.54, 1.807) is 6.92 Å². The number of amides is 2. The summed E-state index contributed by atoms with van der Waals surface area (Å²) in [5.41, 5.74) is 4.67. The first-order valence-corrected chi connectivity index (χ1v) is 12.5. The van der Waals surface area contributed by atoms with E-state index in [0.29, 0.717) is 44.8 Å². The van der Waals surface area contributed by atoms with Gasteiger partial charge in [-0.15, -0.1) is 0 Å². The average molecular weight is 458 g/mol. The van der Waals surface area contributed by atoms with E-state index in [-0.39, 0.29) is 23.7 Å². The van der Waals surface area contributed by atoms with Crippen LogP contribution in [0.4, 0.5) is 0 Å². The third-order valence-corrected chi connectivity index (χ3v) is 6.94. The van der Waals surface area contributed by atoms with Crippen LogP contribution >= 0.6 is 0 Å². The first kappa shape index (κ1) is 25.1. The number of ether oxygens (including phenoxy) is 1. The lowest BCUT2D eigenvalue weighted by Crippen LogP contribution is -2.45. The van der Waals surface area contributed by atoms with E-state index in [1.807, 2.05) is 18.7 Å². The number of carbonyl (C=O) groups is 3. The number of aryl methyl sites for hydroxylation is 1. The molecule has 7 heteroatoms. The number of aromatic nitrogens is 1. The lowest BCUT2D eigenvalue weighted by Gasteiger charge is -2.32. The van der Waals surface area contributed by atoms with Crippen LogP contribution < -0.4 is 5.32 Å². The number of piperidine rings is 1. The van der Waals surface area contributed by atoms with Crippen LogP contribution in [0.2, 0.25) is 0 Å². The zero-order valence-corrected chi connectivity index (χ0v) is 20.4. The molecule has 0 bridgehead atoms. The molecule has 0 unspecified atom stereocenters. The van der Waals surface area contributed by atoms with E-state index in [1.165, 1.54) is 18.4 Å². The molecule has 3 rings (SSSR count). The van der Waals surface area contributed by atoms with E-state index in [4.69, 9.17) is 4.74 Å². The standard InChI is InChI=1S/C26H39N3O4/c1-4-33-26(32)24-18(2)22(19(3)28-24)12-13-23(30)29-16-8-11-21(17-29)25(31)27-15-14-20-9-6-5-7-10-20/h9,21,28H,4-8,10-17H2,1-3H3,(H,27,31)/t21-/m1/s1. The van der Waals surface area contributed by atoms with Gasteiger partial charge in [-0.3, -0.25) is 9.59 Å². The minimum absolute atomic E-state index is 0.0672. The minimum atomic E-state index is -0.361. The molecular weight excluding hydrogens is 418 g/mol. The second kappa shape index (κ2) is 12.1. The summed E-state index contributed by atoms with van der Waals surface area (Å²) in [5, 5.41) is 3.09. The Kier molecular flexibility index (Phi) is 9.15. The highest BCUT2D eigenvalue weighted by Crippen LogP contribution is 2.23. The molecule has 1 saturated heterocycles. The van der Waals surface area contributed by atoms with Crippen molar-refractivity contribution in [2.75, 3.05) is 26.2 Å². The molecule has 1 aliphatic carbocycles.